The Morgan fingerprint density at radius 1 is 1.29 bits per heavy atom. The molecule has 2 rings (SSSR count). The lowest BCUT2D eigenvalue weighted by Gasteiger charge is -2.08. The van der Waals surface area contributed by atoms with Crippen LogP contribution in [0.15, 0.2) is 48.4 Å². The number of hydrogen-bond acceptors (Lipinski definition) is 2. The van der Waals surface area contributed by atoms with Crippen molar-refractivity contribution in [3.8, 4) is 16.9 Å². The number of primary amides is 1. The van der Waals surface area contributed by atoms with E-state index >= 15 is 0 Å². The van der Waals surface area contributed by atoms with Gasteiger partial charge in [-0.3, -0.25) is 0 Å². The molecule has 0 aliphatic rings. The lowest BCUT2D eigenvalue weighted by Crippen LogP contribution is -2.16. The number of rotatable bonds is 2. The van der Waals surface area contributed by atoms with Crippen LogP contribution in [0, 0.1) is 6.85 Å². The van der Waals surface area contributed by atoms with E-state index in [0.717, 1.165) is 0 Å². The maximum Gasteiger partial charge on any atom is 0.409 e. The molecule has 0 fully saturated rings. The van der Waals surface area contributed by atoms with Gasteiger partial charge in [-0.05, 0) is 18.5 Å². The van der Waals surface area contributed by atoms with Gasteiger partial charge >= 0.3 is 6.09 Å². The molecule has 0 unspecified atom stereocenters. The zero-order chi connectivity index (χ0) is 18.2. The van der Waals surface area contributed by atoms with Crippen molar-refractivity contribution < 1.29 is 19.1 Å². The third-order valence-electron chi connectivity index (χ3n) is 2.03. The van der Waals surface area contributed by atoms with Gasteiger partial charge in [0.25, 0.3) is 0 Å². The fourth-order valence-corrected chi connectivity index (χ4v) is 1.32. The zero-order valence-corrected chi connectivity index (χ0v) is 8.70. The standard InChI is InChI=1S/C14H13NO2/c1-10-6-8-11(9-7-10)12-4-2-3-5-13(12)17-14(15)16/h2-9H,1H3,(H2,15,16)/i1D3,2D,3D,4D,5D. The van der Waals surface area contributed by atoms with E-state index < -0.39 is 42.9 Å². The van der Waals surface area contributed by atoms with Crippen LogP contribution in [0.2, 0.25) is 0 Å². The highest BCUT2D eigenvalue weighted by molar-refractivity contribution is 5.76. The molecule has 17 heavy (non-hydrogen) atoms. The predicted molar refractivity (Wildman–Crippen MR) is 66.8 cm³/mol. The van der Waals surface area contributed by atoms with E-state index in [-0.39, 0.29) is 16.7 Å². The van der Waals surface area contributed by atoms with Crippen LogP contribution < -0.4 is 10.5 Å². The Kier molecular flexibility index (Phi) is 1.48. The summed E-state index contributed by atoms with van der Waals surface area (Å²) in [6.45, 7) is -2.30. The van der Waals surface area contributed by atoms with Crippen molar-refractivity contribution in [2.75, 3.05) is 0 Å². The van der Waals surface area contributed by atoms with Gasteiger partial charge in [-0.2, -0.15) is 0 Å². The molecule has 2 aromatic carbocycles. The van der Waals surface area contributed by atoms with Crippen LogP contribution >= 0.6 is 0 Å². The van der Waals surface area contributed by atoms with E-state index in [1.165, 1.54) is 24.3 Å². The van der Waals surface area contributed by atoms with Crippen LogP contribution in [-0.2, 0) is 0 Å². The van der Waals surface area contributed by atoms with Crippen molar-refractivity contribution in [3.05, 3.63) is 54.0 Å². The summed E-state index contributed by atoms with van der Waals surface area (Å²) in [6, 6.07) is 3.34. The van der Waals surface area contributed by atoms with Gasteiger partial charge in [0.15, 0.2) is 0 Å². The predicted octanol–water partition coefficient (Wildman–Crippen LogP) is 3.12. The first-order chi connectivity index (χ1) is 11.0. The normalized spacial score (nSPS) is 16.6. The molecule has 2 N–H and O–H groups in total. The third-order valence-corrected chi connectivity index (χ3v) is 2.03. The highest BCUT2D eigenvalue weighted by Crippen LogP contribution is 2.29. The molecule has 0 spiro atoms. The number of para-hydroxylation sites is 1. The summed E-state index contributed by atoms with van der Waals surface area (Å²) < 4.78 is 58.0. The molecule has 0 heterocycles. The van der Waals surface area contributed by atoms with Crippen molar-refractivity contribution in [1.82, 2.24) is 0 Å². The number of carbonyl (C=O) groups is 1. The number of ether oxygens (including phenoxy) is 1. The molecule has 1 amide bonds. The molecular weight excluding hydrogens is 214 g/mol. The molecule has 0 aliphatic carbocycles. The maximum absolute atomic E-state index is 11.1. The molecule has 0 saturated carbocycles. The van der Waals surface area contributed by atoms with Crippen molar-refractivity contribution in [2.45, 2.75) is 6.85 Å². The fourth-order valence-electron chi connectivity index (χ4n) is 1.32. The van der Waals surface area contributed by atoms with Crippen LogP contribution in [0.1, 0.15) is 15.2 Å². The van der Waals surface area contributed by atoms with Crippen molar-refractivity contribution in [1.29, 1.82) is 0 Å². The lowest BCUT2D eigenvalue weighted by atomic mass is 10.0. The molecule has 2 aromatic rings. The summed E-state index contributed by atoms with van der Waals surface area (Å²) in [6.07, 6.45) is -1.22. The van der Waals surface area contributed by atoms with Gasteiger partial charge in [0.1, 0.15) is 5.75 Å². The molecule has 3 nitrogen and oxygen atoms in total. The van der Waals surface area contributed by atoms with Crippen LogP contribution in [-0.4, -0.2) is 6.09 Å². The molecule has 0 bridgehead atoms. The second kappa shape index (κ2) is 4.70. The summed E-state index contributed by atoms with van der Waals surface area (Å²) in [5, 5.41) is 0. The minimum Gasteiger partial charge on any atom is -0.410 e. The number of hydrogen-bond donors (Lipinski definition) is 1. The van der Waals surface area contributed by atoms with Gasteiger partial charge < -0.3 is 10.5 Å². The molecule has 0 atom stereocenters. The average molecular weight is 234 g/mol. The summed E-state index contributed by atoms with van der Waals surface area (Å²) in [4.78, 5) is 11.1. The number of nitrogens with two attached hydrogens (primary N) is 1. The highest BCUT2D eigenvalue weighted by Gasteiger charge is 2.07. The van der Waals surface area contributed by atoms with Crippen LogP contribution in [0.25, 0.3) is 11.1 Å². The molecule has 86 valence electrons. The Balaban J connectivity index is 2.70. The van der Waals surface area contributed by atoms with Crippen LogP contribution in [0.5, 0.6) is 5.75 Å². The van der Waals surface area contributed by atoms with E-state index in [4.69, 9.17) is 20.1 Å². The molecule has 0 radical (unpaired) electrons. The second-order valence-electron chi connectivity index (χ2n) is 3.20. The first-order valence-electron chi connectivity index (χ1n) is 8.22. The van der Waals surface area contributed by atoms with E-state index in [1.807, 2.05) is 0 Å². The van der Waals surface area contributed by atoms with E-state index in [1.54, 1.807) is 0 Å². The maximum atomic E-state index is 11.1. The Hall–Kier alpha value is -2.29. The lowest BCUT2D eigenvalue weighted by molar-refractivity contribution is 0.211. The van der Waals surface area contributed by atoms with Gasteiger partial charge in [0.05, 0.1) is 5.48 Å². The monoisotopic (exact) mass is 234 g/mol. The van der Waals surface area contributed by atoms with E-state index in [0.29, 0.717) is 0 Å². The number of amides is 1. The van der Waals surface area contributed by atoms with Crippen molar-refractivity contribution in [3.63, 3.8) is 0 Å². The van der Waals surface area contributed by atoms with E-state index in [9.17, 15) is 4.79 Å². The van der Waals surface area contributed by atoms with Crippen molar-refractivity contribution in [2.24, 2.45) is 5.73 Å². The number of aryl methyl sites for hydroxylation is 1. The quantitative estimate of drug-likeness (QED) is 0.868. The smallest absolute Gasteiger partial charge is 0.409 e. The fraction of sp³-hybridized carbons (Fsp3) is 0.0714. The highest BCUT2D eigenvalue weighted by atomic mass is 16.5. The first kappa shape index (κ1) is 5.36. The molecule has 0 aromatic heterocycles. The van der Waals surface area contributed by atoms with Crippen molar-refractivity contribution >= 4 is 6.09 Å². The van der Waals surface area contributed by atoms with E-state index in [2.05, 4.69) is 0 Å². The van der Waals surface area contributed by atoms with Gasteiger partial charge in [-0.1, -0.05) is 48.0 Å². The number of benzene rings is 2. The summed E-state index contributed by atoms with van der Waals surface area (Å²) in [7, 11) is 0. The first-order valence-corrected chi connectivity index (χ1v) is 4.72. The second-order valence-corrected chi connectivity index (χ2v) is 3.20. The summed E-state index contributed by atoms with van der Waals surface area (Å²) in [5.41, 5.74) is 5.24. The topological polar surface area (TPSA) is 52.3 Å². The average Bonchev–Trinajstić information content (AvgIpc) is 2.50. The van der Waals surface area contributed by atoms with Gasteiger partial charge in [-0.25, -0.2) is 4.79 Å². The third kappa shape index (κ3) is 2.64. The Labute approximate surface area is 110 Å². The summed E-state index contributed by atoms with van der Waals surface area (Å²) >= 11 is 0. The number of carbonyl (C=O) groups excluding carboxylic acids is 1. The Bertz CT molecular complexity index is 800. The molecule has 3 heteroatoms. The molecular formula is C14H13NO2. The van der Waals surface area contributed by atoms with Crippen LogP contribution in [0.3, 0.4) is 0 Å². The Morgan fingerprint density at radius 3 is 2.65 bits per heavy atom. The Morgan fingerprint density at radius 2 is 2.00 bits per heavy atom. The molecule has 0 aliphatic heterocycles. The largest absolute Gasteiger partial charge is 0.410 e. The molecule has 0 saturated heterocycles. The zero-order valence-electron chi connectivity index (χ0n) is 15.7. The minimum absolute atomic E-state index is 0.0723. The SMILES string of the molecule is [2H]c1c([2H])c([2H])c(-c2ccc(C([2H])([2H])[2H])cc2)c(OC(N)=O)c1[2H]. The van der Waals surface area contributed by atoms with Gasteiger partial charge in [0.2, 0.25) is 0 Å². The minimum atomic E-state index is -2.30. The van der Waals surface area contributed by atoms with Gasteiger partial charge in [0, 0.05) is 9.68 Å². The van der Waals surface area contributed by atoms with Crippen LogP contribution in [0.4, 0.5) is 4.79 Å². The summed E-state index contributed by atoms with van der Waals surface area (Å²) in [5.74, 6) is -0.407. The van der Waals surface area contributed by atoms with Gasteiger partial charge in [-0.15, -0.1) is 0 Å².